The Hall–Kier alpha value is -3.74. The molecule has 2 N–H and O–H groups in total. The minimum absolute atomic E-state index is 0.00779. The number of nitrogens with zero attached hydrogens (tertiary/aromatic N) is 4. The molecule has 5 amide bonds. The second-order valence-electron chi connectivity index (χ2n) is 12.5. The summed E-state index contributed by atoms with van der Waals surface area (Å²) in [4.78, 5) is 68.6. The summed E-state index contributed by atoms with van der Waals surface area (Å²) in [7, 11) is 1.56. The molecule has 12 nitrogen and oxygen atoms in total. The smallest absolute Gasteiger partial charge is 0.328 e. The Balaban J connectivity index is 1.51. The number of imide groups is 1. The van der Waals surface area contributed by atoms with Gasteiger partial charge in [0.25, 0.3) is 22.9 Å². The standard InChI is InChI=1S/C30H40N6O6S/c1-19(2)17-29(5,32-24(39)30(15-11-8-12-16-30)31-22(38)20-13-9-7-10-14-20)21(37)23-33-34-26(42-23)43-18-36-25(40)28(3,4)35(6)27(36)41/h7,9-10,13-14,19H,8,11-12,15-18H2,1-6H3,(H,31,38)(H,32,39). The van der Waals surface area contributed by atoms with Crippen LogP contribution in [0, 0.1) is 5.92 Å². The summed E-state index contributed by atoms with van der Waals surface area (Å²) in [5, 5.41) is 13.8. The highest BCUT2D eigenvalue weighted by molar-refractivity contribution is 7.99. The molecule has 2 heterocycles. The van der Waals surface area contributed by atoms with Gasteiger partial charge in [-0.15, -0.1) is 10.2 Å². The van der Waals surface area contributed by atoms with Gasteiger partial charge >= 0.3 is 6.03 Å². The van der Waals surface area contributed by atoms with Crippen LogP contribution in [0.3, 0.4) is 0 Å². The molecule has 1 atom stereocenters. The number of urea groups is 1. The fraction of sp³-hybridized carbons (Fsp3) is 0.567. The monoisotopic (exact) mass is 612 g/mol. The van der Waals surface area contributed by atoms with Crippen molar-refractivity contribution >= 4 is 41.3 Å². The van der Waals surface area contributed by atoms with Gasteiger partial charge in [-0.2, -0.15) is 0 Å². The maximum atomic E-state index is 14.0. The van der Waals surface area contributed by atoms with E-state index >= 15 is 0 Å². The van der Waals surface area contributed by atoms with Crippen LogP contribution in [0.5, 0.6) is 0 Å². The van der Waals surface area contributed by atoms with Crippen LogP contribution >= 0.6 is 11.8 Å². The molecule has 1 aromatic carbocycles. The Labute approximate surface area is 255 Å². The lowest BCUT2D eigenvalue weighted by molar-refractivity contribution is -0.131. The normalized spacial score (nSPS) is 19.3. The van der Waals surface area contributed by atoms with E-state index in [9.17, 15) is 24.0 Å². The van der Waals surface area contributed by atoms with Crippen molar-refractivity contribution < 1.29 is 28.4 Å². The molecule has 232 valence electrons. The molecule has 43 heavy (non-hydrogen) atoms. The summed E-state index contributed by atoms with van der Waals surface area (Å²) in [6.45, 7) is 8.82. The first-order valence-corrected chi connectivity index (χ1v) is 15.5. The van der Waals surface area contributed by atoms with Crippen LogP contribution in [-0.4, -0.2) is 79.1 Å². The van der Waals surface area contributed by atoms with Gasteiger partial charge < -0.3 is 20.0 Å². The number of likely N-dealkylation sites (N-methyl/N-ethyl adjacent to an activating group) is 1. The third-order valence-corrected chi connectivity index (χ3v) is 9.08. The molecule has 1 saturated heterocycles. The summed E-state index contributed by atoms with van der Waals surface area (Å²) in [5.74, 6) is -2.05. The number of carbonyl (C=O) groups excluding carboxylic acids is 5. The first kappa shape index (κ1) is 32.2. The van der Waals surface area contributed by atoms with Crippen LogP contribution < -0.4 is 10.6 Å². The van der Waals surface area contributed by atoms with E-state index in [0.29, 0.717) is 18.4 Å². The number of carbonyl (C=O) groups is 5. The highest BCUT2D eigenvalue weighted by atomic mass is 32.2. The number of nitrogens with one attached hydrogen (secondary N) is 2. The average Bonchev–Trinajstić information content (AvgIpc) is 3.50. The fourth-order valence-corrected chi connectivity index (χ4v) is 6.34. The van der Waals surface area contributed by atoms with Gasteiger partial charge in [0.2, 0.25) is 11.7 Å². The van der Waals surface area contributed by atoms with Crippen LogP contribution in [0.2, 0.25) is 0 Å². The second kappa shape index (κ2) is 12.5. The molecular formula is C30H40N6O6S. The van der Waals surface area contributed by atoms with Crippen LogP contribution in [-0.2, 0) is 9.59 Å². The van der Waals surface area contributed by atoms with Crippen molar-refractivity contribution in [1.29, 1.82) is 0 Å². The van der Waals surface area contributed by atoms with Gasteiger partial charge in [0.1, 0.15) is 16.6 Å². The molecule has 1 saturated carbocycles. The highest BCUT2D eigenvalue weighted by Crippen LogP contribution is 2.32. The van der Waals surface area contributed by atoms with E-state index in [1.165, 1.54) is 4.90 Å². The lowest BCUT2D eigenvalue weighted by Crippen LogP contribution is -2.65. The molecule has 4 rings (SSSR count). The van der Waals surface area contributed by atoms with Gasteiger partial charge in [0, 0.05) is 12.6 Å². The molecule has 1 aliphatic heterocycles. The van der Waals surface area contributed by atoms with E-state index < -0.39 is 34.3 Å². The topological polar surface area (TPSA) is 155 Å². The van der Waals surface area contributed by atoms with Crippen molar-refractivity contribution in [1.82, 2.24) is 30.6 Å². The van der Waals surface area contributed by atoms with E-state index in [-0.39, 0.29) is 41.1 Å². The molecule has 2 aromatic rings. The molecule has 0 bridgehead atoms. The second-order valence-corrected chi connectivity index (χ2v) is 13.4. The molecule has 0 radical (unpaired) electrons. The van der Waals surface area contributed by atoms with E-state index in [1.807, 2.05) is 19.9 Å². The molecule has 1 unspecified atom stereocenters. The maximum absolute atomic E-state index is 14.0. The van der Waals surface area contributed by atoms with Crippen molar-refractivity contribution in [2.24, 2.45) is 5.92 Å². The molecular weight excluding hydrogens is 572 g/mol. The van der Waals surface area contributed by atoms with Crippen LogP contribution in [0.15, 0.2) is 40.0 Å². The zero-order chi connectivity index (χ0) is 31.6. The first-order chi connectivity index (χ1) is 20.2. The molecule has 1 aliphatic carbocycles. The Morgan fingerprint density at radius 3 is 2.30 bits per heavy atom. The van der Waals surface area contributed by atoms with Crippen LogP contribution in [0.25, 0.3) is 0 Å². The predicted octanol–water partition coefficient (Wildman–Crippen LogP) is 4.03. The Kier molecular flexibility index (Phi) is 9.33. The molecule has 2 aliphatic rings. The quantitative estimate of drug-likeness (QED) is 0.217. The highest BCUT2D eigenvalue weighted by Gasteiger charge is 2.50. The number of Topliss-reactive ketones (excluding diaryl/α,β-unsaturated/α-hetero) is 1. The number of benzene rings is 1. The third-order valence-electron chi connectivity index (χ3n) is 8.28. The lowest BCUT2D eigenvalue weighted by Gasteiger charge is -2.40. The minimum atomic E-state index is -1.41. The number of hydrogen-bond acceptors (Lipinski definition) is 9. The van der Waals surface area contributed by atoms with Gasteiger partial charge in [0.15, 0.2) is 0 Å². The molecule has 13 heteroatoms. The van der Waals surface area contributed by atoms with Crippen molar-refractivity contribution in [3.8, 4) is 0 Å². The van der Waals surface area contributed by atoms with Crippen molar-refractivity contribution in [2.45, 2.75) is 95.0 Å². The van der Waals surface area contributed by atoms with E-state index in [1.54, 1.807) is 52.1 Å². The van der Waals surface area contributed by atoms with Gasteiger partial charge in [-0.3, -0.25) is 24.1 Å². The zero-order valence-electron chi connectivity index (χ0n) is 25.6. The van der Waals surface area contributed by atoms with Gasteiger partial charge in [0.05, 0.1) is 5.88 Å². The number of hydrogen-bond donors (Lipinski definition) is 2. The summed E-state index contributed by atoms with van der Waals surface area (Å²) >= 11 is 0.962. The molecule has 2 fully saturated rings. The van der Waals surface area contributed by atoms with Crippen molar-refractivity contribution in [3.05, 3.63) is 41.8 Å². The lowest BCUT2D eigenvalue weighted by atomic mass is 9.78. The van der Waals surface area contributed by atoms with Gasteiger partial charge in [-0.05, 0) is 69.8 Å². The summed E-state index contributed by atoms with van der Waals surface area (Å²) in [5.41, 5.74) is -3.10. The van der Waals surface area contributed by atoms with E-state index in [0.717, 1.165) is 35.9 Å². The molecule has 1 aromatic heterocycles. The Bertz CT molecular complexity index is 1390. The Morgan fingerprint density at radius 1 is 1.07 bits per heavy atom. The van der Waals surface area contributed by atoms with Gasteiger partial charge in [-0.25, -0.2) is 4.79 Å². The van der Waals surface area contributed by atoms with Crippen LogP contribution in [0.1, 0.15) is 94.2 Å². The summed E-state index contributed by atoms with van der Waals surface area (Å²) in [6, 6.07) is 8.28. The Morgan fingerprint density at radius 2 is 1.72 bits per heavy atom. The average molecular weight is 613 g/mol. The third kappa shape index (κ3) is 6.61. The zero-order valence-corrected chi connectivity index (χ0v) is 26.4. The summed E-state index contributed by atoms with van der Waals surface area (Å²) < 4.78 is 5.66. The van der Waals surface area contributed by atoms with E-state index in [4.69, 9.17) is 4.42 Å². The number of aromatic nitrogens is 2. The van der Waals surface area contributed by atoms with Crippen molar-refractivity contribution in [3.63, 3.8) is 0 Å². The number of thioether (sulfide) groups is 1. The summed E-state index contributed by atoms with van der Waals surface area (Å²) in [6.07, 6.45) is 3.65. The molecule has 0 spiro atoms. The largest absolute Gasteiger partial charge is 0.408 e. The number of ketones is 1. The first-order valence-electron chi connectivity index (χ1n) is 14.5. The number of amides is 5. The van der Waals surface area contributed by atoms with Crippen molar-refractivity contribution in [2.75, 3.05) is 12.9 Å². The minimum Gasteiger partial charge on any atom is -0.408 e. The predicted molar refractivity (Wildman–Crippen MR) is 159 cm³/mol. The van der Waals surface area contributed by atoms with Crippen LogP contribution in [0.4, 0.5) is 4.79 Å². The van der Waals surface area contributed by atoms with Gasteiger partial charge in [-0.1, -0.05) is 51.3 Å². The van der Waals surface area contributed by atoms with E-state index in [2.05, 4.69) is 20.8 Å². The fourth-order valence-electron chi connectivity index (χ4n) is 5.64. The SMILES string of the molecule is CC(C)CC(C)(NC(=O)C1(NC(=O)c2ccccc2)CCCCC1)C(=O)c1nnc(SCN2C(=O)N(C)C(C)(C)C2=O)o1. The number of rotatable bonds is 11. The maximum Gasteiger partial charge on any atom is 0.328 e.